The quantitative estimate of drug-likeness (QED) is 0.316. The van der Waals surface area contributed by atoms with Crippen LogP contribution in [0.2, 0.25) is 0 Å². The summed E-state index contributed by atoms with van der Waals surface area (Å²) in [5.41, 5.74) is -0.426. The van der Waals surface area contributed by atoms with Crippen molar-refractivity contribution >= 4 is 59.0 Å². The highest BCUT2D eigenvalue weighted by Gasteiger charge is 2.28. The minimum absolute atomic E-state index is 0.164. The number of rotatable bonds is 9. The number of carbonyl (C=O) groups excluding carboxylic acids is 1. The van der Waals surface area contributed by atoms with Crippen molar-refractivity contribution in [3.63, 3.8) is 0 Å². The Bertz CT molecular complexity index is 749. The molecule has 0 spiro atoms. The van der Waals surface area contributed by atoms with E-state index >= 15 is 0 Å². The first-order chi connectivity index (χ1) is 11.7. The van der Waals surface area contributed by atoms with Crippen molar-refractivity contribution in [1.29, 1.82) is 0 Å². The Labute approximate surface area is 163 Å². The van der Waals surface area contributed by atoms with E-state index in [0.29, 0.717) is 30.3 Å². The van der Waals surface area contributed by atoms with Crippen LogP contribution < -0.4 is 10.2 Å². The average Bonchev–Trinajstić information content (AvgIpc) is 2.52. The number of anilines is 1. The molecule has 0 saturated carbocycles. The van der Waals surface area contributed by atoms with Gasteiger partial charge >= 0.3 is 0 Å². The molecule has 0 saturated heterocycles. The predicted molar refractivity (Wildman–Crippen MR) is 104 cm³/mol. The SMILES string of the molecule is CCNC(=O)c1cc(N(CCBr)CCBr)c(S(C)(=O)=O)cc1[N+](=O)[O-]. The smallest absolute Gasteiger partial charge is 0.283 e. The molecule has 8 nitrogen and oxygen atoms in total. The second-order valence-electron chi connectivity index (χ2n) is 5.09. The van der Waals surface area contributed by atoms with Crippen molar-refractivity contribution in [2.24, 2.45) is 0 Å². The van der Waals surface area contributed by atoms with Crippen LogP contribution in [-0.4, -0.2) is 55.8 Å². The van der Waals surface area contributed by atoms with Crippen LogP contribution in [0, 0.1) is 10.1 Å². The molecule has 140 valence electrons. The molecular weight excluding hydrogens is 482 g/mol. The van der Waals surface area contributed by atoms with Gasteiger partial charge in [0.2, 0.25) is 0 Å². The number of sulfone groups is 1. The monoisotopic (exact) mass is 499 g/mol. The Kier molecular flexibility index (Phi) is 8.29. The molecule has 0 aliphatic heterocycles. The van der Waals surface area contributed by atoms with Crippen LogP contribution in [0.1, 0.15) is 17.3 Å². The molecule has 25 heavy (non-hydrogen) atoms. The number of nitrogens with zero attached hydrogens (tertiary/aromatic N) is 2. The maximum atomic E-state index is 12.2. The van der Waals surface area contributed by atoms with Crippen LogP contribution in [0.5, 0.6) is 0 Å². The Balaban J connectivity index is 3.74. The van der Waals surface area contributed by atoms with Crippen molar-refractivity contribution in [3.05, 3.63) is 27.8 Å². The molecule has 1 rings (SSSR count). The molecule has 0 atom stereocenters. The summed E-state index contributed by atoms with van der Waals surface area (Å²) in [5, 5.41) is 15.0. The first-order valence-electron chi connectivity index (χ1n) is 7.34. The van der Waals surface area contributed by atoms with Gasteiger partial charge in [0.15, 0.2) is 9.84 Å². The highest BCUT2D eigenvalue weighted by molar-refractivity contribution is 9.09. The maximum Gasteiger partial charge on any atom is 0.283 e. The lowest BCUT2D eigenvalue weighted by molar-refractivity contribution is -0.385. The number of alkyl halides is 2. The van der Waals surface area contributed by atoms with Crippen molar-refractivity contribution in [3.8, 4) is 0 Å². The van der Waals surface area contributed by atoms with Gasteiger partial charge in [-0.1, -0.05) is 31.9 Å². The van der Waals surface area contributed by atoms with E-state index in [1.165, 1.54) is 6.07 Å². The fourth-order valence-corrected chi connectivity index (χ4v) is 4.00. The van der Waals surface area contributed by atoms with Crippen molar-refractivity contribution in [2.75, 3.05) is 41.5 Å². The molecule has 0 aromatic heterocycles. The molecule has 0 aliphatic carbocycles. The fourth-order valence-electron chi connectivity index (χ4n) is 2.25. The summed E-state index contributed by atoms with van der Waals surface area (Å²) >= 11 is 6.62. The molecule has 0 bridgehead atoms. The van der Waals surface area contributed by atoms with E-state index in [9.17, 15) is 23.3 Å². The first-order valence-corrected chi connectivity index (χ1v) is 11.5. The molecule has 11 heteroatoms. The molecule has 0 fully saturated rings. The van der Waals surface area contributed by atoms with Gasteiger partial charge in [-0.05, 0) is 13.0 Å². The van der Waals surface area contributed by atoms with Gasteiger partial charge in [-0.15, -0.1) is 0 Å². The zero-order valence-corrected chi connectivity index (χ0v) is 17.8. The molecule has 1 amide bonds. The van der Waals surface area contributed by atoms with E-state index in [1.807, 2.05) is 0 Å². The van der Waals surface area contributed by atoms with Gasteiger partial charge in [-0.3, -0.25) is 14.9 Å². The van der Waals surface area contributed by atoms with E-state index in [1.54, 1.807) is 11.8 Å². The molecule has 0 radical (unpaired) electrons. The molecule has 1 aromatic carbocycles. The molecule has 1 aromatic rings. The van der Waals surface area contributed by atoms with E-state index in [4.69, 9.17) is 0 Å². The number of hydrogen-bond donors (Lipinski definition) is 1. The topological polar surface area (TPSA) is 110 Å². The number of nitrogens with one attached hydrogen (secondary N) is 1. The average molecular weight is 501 g/mol. The van der Waals surface area contributed by atoms with E-state index in [0.717, 1.165) is 12.3 Å². The third kappa shape index (κ3) is 5.65. The van der Waals surface area contributed by atoms with Gasteiger partial charge in [0.1, 0.15) is 5.56 Å². The summed E-state index contributed by atoms with van der Waals surface area (Å²) in [7, 11) is -3.73. The Morgan fingerprint density at radius 3 is 2.24 bits per heavy atom. The lowest BCUT2D eigenvalue weighted by atomic mass is 10.1. The Morgan fingerprint density at radius 2 is 1.84 bits per heavy atom. The lowest BCUT2D eigenvalue weighted by Crippen LogP contribution is -2.30. The summed E-state index contributed by atoms with van der Waals surface area (Å²) in [6.45, 7) is 2.94. The zero-order chi connectivity index (χ0) is 19.2. The third-order valence-electron chi connectivity index (χ3n) is 3.30. The summed E-state index contributed by atoms with van der Waals surface area (Å²) in [5.74, 6) is -0.617. The summed E-state index contributed by atoms with van der Waals surface area (Å²) < 4.78 is 24.4. The highest BCUT2D eigenvalue weighted by Crippen LogP contribution is 2.33. The Hall–Kier alpha value is -1.20. The van der Waals surface area contributed by atoms with Crippen LogP contribution in [0.3, 0.4) is 0 Å². The number of amides is 1. The molecular formula is C14H19Br2N3O5S. The van der Waals surface area contributed by atoms with Crippen LogP contribution in [0.4, 0.5) is 11.4 Å². The summed E-state index contributed by atoms with van der Waals surface area (Å²) in [6.07, 6.45) is 0.988. The summed E-state index contributed by atoms with van der Waals surface area (Å²) in [4.78, 5) is 24.4. The van der Waals surface area contributed by atoms with E-state index < -0.39 is 26.4 Å². The number of nitro groups is 1. The number of hydrogen-bond acceptors (Lipinski definition) is 6. The second-order valence-corrected chi connectivity index (χ2v) is 8.66. The number of nitro benzene ring substituents is 1. The van der Waals surface area contributed by atoms with Gasteiger partial charge in [0.25, 0.3) is 11.6 Å². The van der Waals surface area contributed by atoms with Crippen LogP contribution in [-0.2, 0) is 9.84 Å². The minimum atomic E-state index is -3.73. The van der Waals surface area contributed by atoms with Crippen LogP contribution >= 0.6 is 31.9 Å². The normalized spacial score (nSPS) is 11.2. The van der Waals surface area contributed by atoms with Crippen LogP contribution in [0.25, 0.3) is 0 Å². The molecule has 0 unspecified atom stereocenters. The summed E-state index contributed by atoms with van der Waals surface area (Å²) in [6, 6.07) is 2.25. The van der Waals surface area contributed by atoms with Crippen molar-refractivity contribution in [1.82, 2.24) is 5.32 Å². The largest absolute Gasteiger partial charge is 0.369 e. The first kappa shape index (κ1) is 21.8. The van der Waals surface area contributed by atoms with Crippen LogP contribution in [0.15, 0.2) is 17.0 Å². The van der Waals surface area contributed by atoms with Gasteiger partial charge in [-0.25, -0.2) is 8.42 Å². The van der Waals surface area contributed by atoms with E-state index in [2.05, 4.69) is 37.2 Å². The van der Waals surface area contributed by atoms with Crippen molar-refractivity contribution < 1.29 is 18.1 Å². The molecule has 0 aliphatic rings. The molecule has 1 N–H and O–H groups in total. The number of benzene rings is 1. The van der Waals surface area contributed by atoms with Gasteiger partial charge in [0, 0.05) is 42.6 Å². The molecule has 0 heterocycles. The highest BCUT2D eigenvalue weighted by atomic mass is 79.9. The minimum Gasteiger partial charge on any atom is -0.369 e. The van der Waals surface area contributed by atoms with Crippen molar-refractivity contribution in [2.45, 2.75) is 11.8 Å². The second kappa shape index (κ2) is 9.48. The van der Waals surface area contributed by atoms with Gasteiger partial charge < -0.3 is 10.2 Å². The van der Waals surface area contributed by atoms with Gasteiger partial charge in [-0.2, -0.15) is 0 Å². The maximum absolute atomic E-state index is 12.2. The Morgan fingerprint density at radius 1 is 1.28 bits per heavy atom. The fraction of sp³-hybridized carbons (Fsp3) is 0.500. The third-order valence-corrected chi connectivity index (χ3v) is 5.14. The number of halogens is 2. The van der Waals surface area contributed by atoms with Gasteiger partial charge in [0.05, 0.1) is 15.5 Å². The lowest BCUT2D eigenvalue weighted by Gasteiger charge is -2.25. The zero-order valence-electron chi connectivity index (χ0n) is 13.8. The van der Waals surface area contributed by atoms with E-state index in [-0.39, 0.29) is 16.1 Å². The predicted octanol–water partition coefficient (Wildman–Crippen LogP) is 2.34. The standard InChI is InChI=1S/C14H19Br2N3O5S/c1-3-17-14(20)10-8-12(18(6-4-15)7-5-16)13(25(2,23)24)9-11(10)19(21)22/h8-9H,3-7H2,1-2H3,(H,17,20). The number of carbonyl (C=O) groups is 1.